The highest BCUT2D eigenvalue weighted by Gasteiger charge is 2.33. The molecule has 0 saturated heterocycles. The summed E-state index contributed by atoms with van der Waals surface area (Å²) in [6.07, 6.45) is -5.02. The van der Waals surface area contributed by atoms with Crippen molar-refractivity contribution < 1.29 is 27.5 Å². The van der Waals surface area contributed by atoms with Crippen LogP contribution in [-0.2, 0) is 33.6 Å². The second-order valence-electron chi connectivity index (χ2n) is 8.57. The molecule has 0 saturated carbocycles. The third kappa shape index (κ3) is 6.86. The van der Waals surface area contributed by atoms with E-state index in [2.05, 4.69) is 5.10 Å². The first-order chi connectivity index (χ1) is 17.4. The standard InChI is InChI=1S/C25H26ClF3N4O4/c1-31(2)23(35)21(17-5-4-6-18(13-17)25(27,28)29)14-20(34)15-33-24(36)32(11-12-37-3)22(30-33)16-7-9-19(26)10-8-16/h4-10,13,21H,11-12,14-15H2,1-3H3. The van der Waals surface area contributed by atoms with Gasteiger partial charge in [-0.05, 0) is 35.9 Å². The molecule has 0 aliphatic heterocycles. The van der Waals surface area contributed by atoms with Crippen LogP contribution in [0.4, 0.5) is 13.2 Å². The number of Topliss-reactive ketones (excluding diaryl/α,β-unsaturated/α-hetero) is 1. The van der Waals surface area contributed by atoms with Crippen molar-refractivity contribution in [3.63, 3.8) is 0 Å². The molecule has 3 rings (SSSR count). The number of hydrogen-bond acceptors (Lipinski definition) is 5. The van der Waals surface area contributed by atoms with Crippen molar-refractivity contribution in [3.8, 4) is 11.4 Å². The molecule has 0 aliphatic carbocycles. The number of nitrogens with zero attached hydrogens (tertiary/aromatic N) is 4. The summed E-state index contributed by atoms with van der Waals surface area (Å²) in [5.41, 5.74) is -0.838. The molecule has 8 nitrogen and oxygen atoms in total. The highest BCUT2D eigenvalue weighted by molar-refractivity contribution is 6.30. The lowest BCUT2D eigenvalue weighted by molar-refractivity contribution is -0.138. The van der Waals surface area contributed by atoms with E-state index in [1.807, 2.05) is 0 Å². The van der Waals surface area contributed by atoms with Crippen LogP contribution in [0.1, 0.15) is 23.5 Å². The molecule has 0 N–H and O–H groups in total. The number of alkyl halides is 3. The molecule has 3 aromatic rings. The van der Waals surface area contributed by atoms with E-state index in [1.54, 1.807) is 24.3 Å². The van der Waals surface area contributed by atoms with Gasteiger partial charge in [0.25, 0.3) is 0 Å². The molecule has 1 heterocycles. The second-order valence-corrected chi connectivity index (χ2v) is 9.00. The van der Waals surface area contributed by atoms with Crippen molar-refractivity contribution in [1.29, 1.82) is 0 Å². The molecule has 1 atom stereocenters. The van der Waals surface area contributed by atoms with Crippen molar-refractivity contribution in [2.24, 2.45) is 0 Å². The highest BCUT2D eigenvalue weighted by atomic mass is 35.5. The SMILES string of the molecule is COCCn1c(-c2ccc(Cl)cc2)nn(CC(=O)CC(C(=O)N(C)C)c2cccc(C(F)(F)F)c2)c1=O. The molecule has 0 spiro atoms. The first-order valence-corrected chi connectivity index (χ1v) is 11.6. The lowest BCUT2D eigenvalue weighted by Crippen LogP contribution is -2.32. The lowest BCUT2D eigenvalue weighted by atomic mass is 9.91. The molecule has 0 bridgehead atoms. The van der Waals surface area contributed by atoms with Gasteiger partial charge >= 0.3 is 11.9 Å². The van der Waals surface area contributed by atoms with Gasteiger partial charge in [-0.2, -0.15) is 13.2 Å². The van der Waals surface area contributed by atoms with Gasteiger partial charge in [0.1, 0.15) is 6.54 Å². The average Bonchev–Trinajstić information content (AvgIpc) is 3.15. The first-order valence-electron chi connectivity index (χ1n) is 11.2. The maximum Gasteiger partial charge on any atom is 0.416 e. The molecule has 0 fully saturated rings. The zero-order valence-electron chi connectivity index (χ0n) is 20.5. The van der Waals surface area contributed by atoms with E-state index >= 15 is 0 Å². The Morgan fingerprint density at radius 2 is 1.81 bits per heavy atom. The summed E-state index contributed by atoms with van der Waals surface area (Å²) >= 11 is 5.96. The lowest BCUT2D eigenvalue weighted by Gasteiger charge is -2.21. The van der Waals surface area contributed by atoms with Crippen LogP contribution < -0.4 is 5.69 Å². The zero-order valence-corrected chi connectivity index (χ0v) is 21.2. The molecule has 1 aromatic heterocycles. The summed E-state index contributed by atoms with van der Waals surface area (Å²) in [6, 6.07) is 11.0. The van der Waals surface area contributed by atoms with E-state index < -0.39 is 48.0 Å². The number of rotatable bonds is 10. The fourth-order valence-corrected chi connectivity index (χ4v) is 3.92. The molecule has 198 valence electrons. The number of ketones is 1. The van der Waals surface area contributed by atoms with Gasteiger partial charge in [-0.3, -0.25) is 14.2 Å². The summed E-state index contributed by atoms with van der Waals surface area (Å²) in [5, 5.41) is 4.81. The Bertz CT molecular complexity index is 1320. The van der Waals surface area contributed by atoms with Crippen molar-refractivity contribution >= 4 is 23.3 Å². The van der Waals surface area contributed by atoms with Crippen LogP contribution in [0.25, 0.3) is 11.4 Å². The van der Waals surface area contributed by atoms with Gasteiger partial charge in [0, 0.05) is 38.2 Å². The number of aromatic nitrogens is 3. The number of ether oxygens (including phenoxy) is 1. The molecule has 1 unspecified atom stereocenters. The van der Waals surface area contributed by atoms with Gasteiger partial charge in [-0.25, -0.2) is 9.48 Å². The summed E-state index contributed by atoms with van der Waals surface area (Å²) in [7, 11) is 4.39. The van der Waals surface area contributed by atoms with Crippen molar-refractivity contribution in [1.82, 2.24) is 19.2 Å². The van der Waals surface area contributed by atoms with Crippen LogP contribution >= 0.6 is 11.6 Å². The van der Waals surface area contributed by atoms with Crippen LogP contribution in [0.5, 0.6) is 0 Å². The Labute approximate surface area is 216 Å². The van der Waals surface area contributed by atoms with Crippen molar-refractivity contribution in [2.45, 2.75) is 31.6 Å². The highest BCUT2D eigenvalue weighted by Crippen LogP contribution is 2.32. The van der Waals surface area contributed by atoms with Gasteiger partial charge in [0.2, 0.25) is 5.91 Å². The second kappa shape index (κ2) is 11.7. The van der Waals surface area contributed by atoms with E-state index in [9.17, 15) is 27.6 Å². The minimum atomic E-state index is -4.61. The molecule has 0 radical (unpaired) electrons. The zero-order chi connectivity index (χ0) is 27.3. The van der Waals surface area contributed by atoms with Gasteiger partial charge < -0.3 is 9.64 Å². The smallest absolute Gasteiger partial charge is 0.383 e. The van der Waals surface area contributed by atoms with E-state index in [0.29, 0.717) is 16.4 Å². The van der Waals surface area contributed by atoms with E-state index in [0.717, 1.165) is 16.8 Å². The monoisotopic (exact) mass is 538 g/mol. The molecular formula is C25H26ClF3N4O4. The maximum absolute atomic E-state index is 13.2. The van der Waals surface area contributed by atoms with Crippen LogP contribution in [0.2, 0.25) is 5.02 Å². The fraction of sp³-hybridized carbons (Fsp3) is 0.360. The Morgan fingerprint density at radius 3 is 2.41 bits per heavy atom. The maximum atomic E-state index is 13.2. The van der Waals surface area contributed by atoms with Gasteiger partial charge in [0.15, 0.2) is 11.6 Å². The predicted octanol–water partition coefficient (Wildman–Crippen LogP) is 3.86. The molecule has 2 aromatic carbocycles. The molecule has 1 amide bonds. The van der Waals surface area contributed by atoms with E-state index in [1.165, 1.54) is 42.8 Å². The minimum Gasteiger partial charge on any atom is -0.383 e. The summed E-state index contributed by atoms with van der Waals surface area (Å²) in [6.45, 7) is -0.0713. The van der Waals surface area contributed by atoms with Crippen LogP contribution in [0, 0.1) is 0 Å². The average molecular weight is 539 g/mol. The largest absolute Gasteiger partial charge is 0.416 e. The number of benzene rings is 2. The number of carbonyl (C=O) groups is 2. The summed E-state index contributed by atoms with van der Waals surface area (Å²) in [5.74, 6) is -1.94. The predicted molar refractivity (Wildman–Crippen MR) is 131 cm³/mol. The third-order valence-electron chi connectivity index (χ3n) is 5.66. The van der Waals surface area contributed by atoms with Crippen molar-refractivity contribution in [3.05, 3.63) is 75.2 Å². The Morgan fingerprint density at radius 1 is 1.14 bits per heavy atom. The van der Waals surface area contributed by atoms with Crippen LogP contribution in [0.3, 0.4) is 0 Å². The minimum absolute atomic E-state index is 0.0571. The Kier molecular flexibility index (Phi) is 8.93. The van der Waals surface area contributed by atoms with E-state index in [-0.39, 0.29) is 18.7 Å². The topological polar surface area (TPSA) is 86.4 Å². The normalized spacial score (nSPS) is 12.4. The van der Waals surface area contributed by atoms with Crippen molar-refractivity contribution in [2.75, 3.05) is 27.8 Å². The van der Waals surface area contributed by atoms with Gasteiger partial charge in [0.05, 0.1) is 24.6 Å². The van der Waals surface area contributed by atoms with E-state index in [4.69, 9.17) is 16.3 Å². The molecule has 0 aliphatic rings. The Balaban J connectivity index is 1.92. The fourth-order valence-electron chi connectivity index (χ4n) is 3.79. The van der Waals surface area contributed by atoms with Gasteiger partial charge in [-0.1, -0.05) is 29.8 Å². The number of carbonyl (C=O) groups excluding carboxylic acids is 2. The summed E-state index contributed by atoms with van der Waals surface area (Å²) in [4.78, 5) is 40.1. The Hall–Kier alpha value is -3.44. The number of halogens is 4. The number of likely N-dealkylation sites (N-methyl/N-ethyl adjacent to an activating group) is 1. The summed E-state index contributed by atoms with van der Waals surface area (Å²) < 4.78 is 47.2. The van der Waals surface area contributed by atoms with Crippen LogP contribution in [-0.4, -0.2) is 58.7 Å². The molecular weight excluding hydrogens is 513 g/mol. The number of amides is 1. The number of hydrogen-bond donors (Lipinski definition) is 0. The quantitative estimate of drug-likeness (QED) is 0.391. The number of methoxy groups -OCH3 is 1. The third-order valence-corrected chi connectivity index (χ3v) is 5.91. The molecule has 12 heteroatoms. The first kappa shape index (κ1) is 28.1. The van der Waals surface area contributed by atoms with Crippen LogP contribution in [0.15, 0.2) is 53.3 Å². The van der Waals surface area contributed by atoms with Gasteiger partial charge in [-0.15, -0.1) is 5.10 Å². The molecule has 37 heavy (non-hydrogen) atoms.